The molecule has 0 saturated carbocycles. The standard InChI is InChI=1S/C16H21N5/c1-13(8-11-21-10-5-9-18-21)17-12-16-19-14-6-3-4-7-15(14)20(16)2/h3-7,9-10,13,17H,8,11-12H2,1-2H3/t13-/m1/s1. The first-order valence-corrected chi connectivity index (χ1v) is 7.35. The second kappa shape index (κ2) is 6.10. The van der Waals surface area contributed by atoms with Crippen LogP contribution in [0.1, 0.15) is 19.2 Å². The SMILES string of the molecule is C[C@H](CCn1cccn1)NCc1nc2ccccc2n1C. The Kier molecular flexibility index (Phi) is 4.01. The molecule has 3 rings (SSSR count). The number of rotatable bonds is 6. The van der Waals surface area contributed by atoms with Crippen molar-refractivity contribution in [3.8, 4) is 0 Å². The van der Waals surface area contributed by atoms with Crippen molar-refractivity contribution >= 4 is 11.0 Å². The third-order valence-electron chi connectivity index (χ3n) is 3.84. The van der Waals surface area contributed by atoms with E-state index in [1.54, 1.807) is 0 Å². The molecule has 0 amide bonds. The highest BCUT2D eigenvalue weighted by molar-refractivity contribution is 5.75. The van der Waals surface area contributed by atoms with E-state index in [0.29, 0.717) is 6.04 Å². The average Bonchev–Trinajstić information content (AvgIpc) is 3.12. The minimum absolute atomic E-state index is 0.425. The van der Waals surface area contributed by atoms with Crippen molar-refractivity contribution in [2.75, 3.05) is 0 Å². The predicted octanol–water partition coefficient (Wildman–Crippen LogP) is 2.34. The first-order chi connectivity index (χ1) is 10.2. The smallest absolute Gasteiger partial charge is 0.123 e. The van der Waals surface area contributed by atoms with Crippen LogP contribution in [-0.2, 0) is 20.1 Å². The second-order valence-electron chi connectivity index (χ2n) is 5.42. The third-order valence-corrected chi connectivity index (χ3v) is 3.84. The van der Waals surface area contributed by atoms with Crippen molar-refractivity contribution in [1.82, 2.24) is 24.6 Å². The highest BCUT2D eigenvalue weighted by Crippen LogP contribution is 2.14. The van der Waals surface area contributed by atoms with Gasteiger partial charge in [-0.05, 0) is 31.5 Å². The van der Waals surface area contributed by atoms with E-state index in [2.05, 4.69) is 46.1 Å². The summed E-state index contributed by atoms with van der Waals surface area (Å²) >= 11 is 0. The maximum Gasteiger partial charge on any atom is 0.123 e. The molecule has 0 aliphatic heterocycles. The summed E-state index contributed by atoms with van der Waals surface area (Å²) in [6, 6.07) is 10.6. The minimum Gasteiger partial charge on any atom is -0.330 e. The van der Waals surface area contributed by atoms with Crippen LogP contribution in [0.5, 0.6) is 0 Å². The summed E-state index contributed by atoms with van der Waals surface area (Å²) in [5.74, 6) is 1.07. The van der Waals surface area contributed by atoms with Gasteiger partial charge in [-0.15, -0.1) is 0 Å². The van der Waals surface area contributed by atoms with E-state index in [1.807, 2.05) is 35.3 Å². The molecule has 0 radical (unpaired) electrons. The number of para-hydroxylation sites is 2. The van der Waals surface area contributed by atoms with Crippen LogP contribution in [0.25, 0.3) is 11.0 Å². The molecule has 110 valence electrons. The average molecular weight is 283 g/mol. The van der Waals surface area contributed by atoms with Crippen LogP contribution < -0.4 is 5.32 Å². The Labute approximate surface area is 124 Å². The van der Waals surface area contributed by atoms with Gasteiger partial charge in [-0.25, -0.2) is 4.98 Å². The maximum atomic E-state index is 4.68. The summed E-state index contributed by atoms with van der Waals surface area (Å²) in [5.41, 5.74) is 2.24. The molecule has 2 heterocycles. The van der Waals surface area contributed by atoms with E-state index in [1.165, 1.54) is 5.52 Å². The van der Waals surface area contributed by atoms with Crippen molar-refractivity contribution < 1.29 is 0 Å². The number of aromatic nitrogens is 4. The molecule has 1 aromatic carbocycles. The quantitative estimate of drug-likeness (QED) is 0.755. The van der Waals surface area contributed by atoms with Gasteiger partial charge in [0.25, 0.3) is 0 Å². The van der Waals surface area contributed by atoms with Crippen molar-refractivity contribution in [3.05, 3.63) is 48.5 Å². The molecule has 1 N–H and O–H groups in total. The molecule has 2 aromatic heterocycles. The number of aryl methyl sites for hydroxylation is 2. The van der Waals surface area contributed by atoms with E-state index >= 15 is 0 Å². The molecule has 0 unspecified atom stereocenters. The Morgan fingerprint density at radius 2 is 2.10 bits per heavy atom. The normalized spacial score (nSPS) is 12.9. The van der Waals surface area contributed by atoms with Gasteiger partial charge in [-0.1, -0.05) is 12.1 Å². The van der Waals surface area contributed by atoms with Gasteiger partial charge in [0.1, 0.15) is 5.82 Å². The molecule has 21 heavy (non-hydrogen) atoms. The molecule has 0 aliphatic carbocycles. The topological polar surface area (TPSA) is 47.7 Å². The number of fused-ring (bicyclic) bond motifs is 1. The van der Waals surface area contributed by atoms with Gasteiger partial charge in [-0.3, -0.25) is 4.68 Å². The van der Waals surface area contributed by atoms with Crippen LogP contribution in [0.15, 0.2) is 42.7 Å². The molecule has 0 fully saturated rings. The van der Waals surface area contributed by atoms with Crippen molar-refractivity contribution in [3.63, 3.8) is 0 Å². The number of nitrogens with zero attached hydrogens (tertiary/aromatic N) is 4. The largest absolute Gasteiger partial charge is 0.330 e. The summed E-state index contributed by atoms with van der Waals surface area (Å²) in [4.78, 5) is 4.68. The lowest BCUT2D eigenvalue weighted by Crippen LogP contribution is -2.28. The molecule has 0 bridgehead atoms. The van der Waals surface area contributed by atoms with Gasteiger partial charge in [0.05, 0.1) is 17.6 Å². The zero-order valence-electron chi connectivity index (χ0n) is 12.5. The monoisotopic (exact) mass is 283 g/mol. The lowest BCUT2D eigenvalue weighted by Gasteiger charge is -2.13. The molecule has 5 nitrogen and oxygen atoms in total. The van der Waals surface area contributed by atoms with Crippen LogP contribution in [0, 0.1) is 0 Å². The van der Waals surface area contributed by atoms with Crippen molar-refractivity contribution in [2.24, 2.45) is 7.05 Å². The van der Waals surface area contributed by atoms with Gasteiger partial charge < -0.3 is 9.88 Å². The minimum atomic E-state index is 0.425. The number of hydrogen-bond acceptors (Lipinski definition) is 3. The summed E-state index contributed by atoms with van der Waals surface area (Å²) in [6.07, 6.45) is 4.86. The Balaban J connectivity index is 1.57. The second-order valence-corrected chi connectivity index (χ2v) is 5.42. The van der Waals surface area contributed by atoms with Crippen LogP contribution in [0.3, 0.4) is 0 Å². The first-order valence-electron chi connectivity index (χ1n) is 7.35. The Bertz CT molecular complexity index is 699. The van der Waals surface area contributed by atoms with E-state index < -0.39 is 0 Å². The number of nitrogens with one attached hydrogen (secondary N) is 1. The van der Waals surface area contributed by atoms with Crippen molar-refractivity contribution in [2.45, 2.75) is 32.5 Å². The van der Waals surface area contributed by atoms with E-state index in [-0.39, 0.29) is 0 Å². The van der Waals surface area contributed by atoms with E-state index in [9.17, 15) is 0 Å². The molecular weight excluding hydrogens is 262 g/mol. The lowest BCUT2D eigenvalue weighted by molar-refractivity contribution is 0.451. The molecular formula is C16H21N5. The molecule has 3 aromatic rings. The van der Waals surface area contributed by atoms with Gasteiger partial charge in [0, 0.05) is 32.0 Å². The van der Waals surface area contributed by atoms with Gasteiger partial charge in [0.15, 0.2) is 0 Å². The fourth-order valence-electron chi connectivity index (χ4n) is 2.48. The van der Waals surface area contributed by atoms with Crippen molar-refractivity contribution in [1.29, 1.82) is 0 Å². The predicted molar refractivity (Wildman–Crippen MR) is 83.9 cm³/mol. The number of benzene rings is 1. The summed E-state index contributed by atoms with van der Waals surface area (Å²) < 4.78 is 4.12. The summed E-state index contributed by atoms with van der Waals surface area (Å²) in [7, 11) is 2.07. The maximum absolute atomic E-state index is 4.68. The Morgan fingerprint density at radius 3 is 2.86 bits per heavy atom. The molecule has 1 atom stereocenters. The summed E-state index contributed by atoms with van der Waals surface area (Å²) in [6.45, 7) is 3.92. The molecule has 0 spiro atoms. The zero-order valence-corrected chi connectivity index (χ0v) is 12.5. The first kappa shape index (κ1) is 13.8. The summed E-state index contributed by atoms with van der Waals surface area (Å²) in [5, 5.41) is 7.76. The highest BCUT2D eigenvalue weighted by Gasteiger charge is 2.08. The van der Waals surface area contributed by atoms with Crippen LogP contribution >= 0.6 is 0 Å². The van der Waals surface area contributed by atoms with E-state index in [0.717, 1.165) is 30.9 Å². The highest BCUT2D eigenvalue weighted by atomic mass is 15.3. The Hall–Kier alpha value is -2.14. The number of hydrogen-bond donors (Lipinski definition) is 1. The van der Waals surface area contributed by atoms with Crippen LogP contribution in [0.2, 0.25) is 0 Å². The van der Waals surface area contributed by atoms with Gasteiger partial charge in [-0.2, -0.15) is 5.10 Å². The van der Waals surface area contributed by atoms with Crippen LogP contribution in [-0.4, -0.2) is 25.4 Å². The number of imidazole rings is 1. The third kappa shape index (κ3) is 3.13. The zero-order chi connectivity index (χ0) is 14.7. The molecule has 5 heteroatoms. The lowest BCUT2D eigenvalue weighted by atomic mass is 10.2. The van der Waals surface area contributed by atoms with Crippen LogP contribution in [0.4, 0.5) is 0 Å². The fourth-order valence-corrected chi connectivity index (χ4v) is 2.48. The molecule has 0 saturated heterocycles. The van der Waals surface area contributed by atoms with Gasteiger partial charge >= 0.3 is 0 Å². The van der Waals surface area contributed by atoms with E-state index in [4.69, 9.17) is 0 Å². The molecule has 0 aliphatic rings. The Morgan fingerprint density at radius 1 is 1.24 bits per heavy atom. The fraction of sp³-hybridized carbons (Fsp3) is 0.375. The van der Waals surface area contributed by atoms with Gasteiger partial charge in [0.2, 0.25) is 0 Å².